The minimum Gasteiger partial charge on any atom is -0.394 e. The smallest absolute Gasteiger partial charge is 0.262 e. The van der Waals surface area contributed by atoms with Gasteiger partial charge in [-0.05, 0) is 18.9 Å². The second-order valence-corrected chi connectivity index (χ2v) is 6.78. The van der Waals surface area contributed by atoms with E-state index in [-0.39, 0.29) is 24.7 Å². The number of nitrogens with one attached hydrogen (secondary N) is 1. The fourth-order valence-electron chi connectivity index (χ4n) is 2.55. The van der Waals surface area contributed by atoms with Crippen molar-refractivity contribution in [3.8, 4) is 0 Å². The van der Waals surface area contributed by atoms with Crippen LogP contribution < -0.4 is 10.9 Å². The first kappa shape index (κ1) is 19.6. The Morgan fingerprint density at radius 2 is 2.20 bits per heavy atom. The molecule has 0 unspecified atom stereocenters. The Hall–Kier alpha value is -1.77. The van der Waals surface area contributed by atoms with Crippen LogP contribution in [0.4, 0.5) is 0 Å². The highest BCUT2D eigenvalue weighted by atomic mass is 32.1. The van der Waals surface area contributed by atoms with Crippen LogP contribution >= 0.6 is 11.3 Å². The second-order valence-electron chi connectivity index (χ2n) is 5.78. The Balaban J connectivity index is 2.14. The Bertz CT molecular complexity index is 769. The number of aryl methyl sites for hydroxylation is 2. The van der Waals surface area contributed by atoms with Crippen molar-refractivity contribution in [1.82, 2.24) is 14.9 Å². The summed E-state index contributed by atoms with van der Waals surface area (Å²) in [7, 11) is 0. The number of thiophene rings is 1. The van der Waals surface area contributed by atoms with Crippen molar-refractivity contribution in [3.63, 3.8) is 0 Å². The molecule has 0 aliphatic heterocycles. The lowest BCUT2D eigenvalue weighted by Crippen LogP contribution is -2.27. The minimum absolute atomic E-state index is 0.0421. The number of nitrogens with zero attached hydrogens (tertiary/aromatic N) is 2. The van der Waals surface area contributed by atoms with Crippen molar-refractivity contribution < 1.29 is 14.6 Å². The summed E-state index contributed by atoms with van der Waals surface area (Å²) in [6, 6.07) is 0. The molecule has 0 aliphatic carbocycles. The molecular formula is C17H25N3O4S. The zero-order chi connectivity index (χ0) is 18.2. The molecular weight excluding hydrogens is 342 g/mol. The summed E-state index contributed by atoms with van der Waals surface area (Å²) in [5, 5.41) is 11.9. The summed E-state index contributed by atoms with van der Waals surface area (Å²) in [6.07, 6.45) is 4.67. The lowest BCUT2D eigenvalue weighted by atomic mass is 10.2. The molecule has 0 aromatic carbocycles. The quantitative estimate of drug-likeness (QED) is 0.624. The lowest BCUT2D eigenvalue weighted by molar-refractivity contribution is 0.0840. The van der Waals surface area contributed by atoms with Gasteiger partial charge in [0.25, 0.3) is 11.5 Å². The zero-order valence-corrected chi connectivity index (χ0v) is 15.5. The highest BCUT2D eigenvalue weighted by Crippen LogP contribution is 2.26. The number of ether oxygens (including phenoxy) is 1. The first-order valence-electron chi connectivity index (χ1n) is 8.55. The van der Waals surface area contributed by atoms with Gasteiger partial charge in [-0.1, -0.05) is 19.8 Å². The Kier molecular flexibility index (Phi) is 7.54. The van der Waals surface area contributed by atoms with Crippen LogP contribution in [0.5, 0.6) is 0 Å². The van der Waals surface area contributed by atoms with Crippen LogP contribution in [0.2, 0.25) is 0 Å². The predicted octanol–water partition coefficient (Wildman–Crippen LogP) is 1.70. The zero-order valence-electron chi connectivity index (χ0n) is 14.7. The minimum atomic E-state index is -0.231. The molecule has 0 fully saturated rings. The molecule has 2 rings (SSSR count). The standard InChI is InChI=1S/C17H25N3O4S/c1-3-4-5-7-20-11-19-16-13(17(20)23)12(2)14(25-16)15(22)18-6-9-24-10-8-21/h11,21H,3-10H2,1-2H3,(H,18,22). The number of aromatic nitrogens is 2. The fraction of sp³-hybridized carbons (Fsp3) is 0.588. The van der Waals surface area contributed by atoms with Gasteiger partial charge in [-0.25, -0.2) is 4.98 Å². The summed E-state index contributed by atoms with van der Waals surface area (Å²) >= 11 is 1.23. The van der Waals surface area contributed by atoms with Crippen LogP contribution in [0, 0.1) is 6.92 Å². The monoisotopic (exact) mass is 367 g/mol. The van der Waals surface area contributed by atoms with Gasteiger partial charge in [0.2, 0.25) is 0 Å². The van der Waals surface area contributed by atoms with Crippen LogP contribution in [-0.4, -0.2) is 46.9 Å². The molecule has 7 nitrogen and oxygen atoms in total. The maximum absolute atomic E-state index is 12.7. The van der Waals surface area contributed by atoms with Gasteiger partial charge in [-0.3, -0.25) is 14.2 Å². The van der Waals surface area contributed by atoms with Gasteiger partial charge < -0.3 is 15.2 Å². The van der Waals surface area contributed by atoms with E-state index in [1.165, 1.54) is 11.3 Å². The molecule has 138 valence electrons. The summed E-state index contributed by atoms with van der Waals surface area (Å²) in [6.45, 7) is 5.44. The normalized spacial score (nSPS) is 11.2. The number of amides is 1. The van der Waals surface area contributed by atoms with E-state index in [0.29, 0.717) is 40.4 Å². The van der Waals surface area contributed by atoms with Crippen molar-refractivity contribution >= 4 is 27.5 Å². The van der Waals surface area contributed by atoms with E-state index >= 15 is 0 Å². The third kappa shape index (κ3) is 4.87. The number of aliphatic hydroxyl groups is 1. The van der Waals surface area contributed by atoms with Gasteiger partial charge in [0.1, 0.15) is 4.83 Å². The lowest BCUT2D eigenvalue weighted by Gasteiger charge is -2.05. The Morgan fingerprint density at radius 3 is 2.92 bits per heavy atom. The van der Waals surface area contributed by atoms with E-state index in [2.05, 4.69) is 17.2 Å². The maximum atomic E-state index is 12.7. The fourth-order valence-corrected chi connectivity index (χ4v) is 3.61. The first-order chi connectivity index (χ1) is 12.1. The topological polar surface area (TPSA) is 93.5 Å². The van der Waals surface area contributed by atoms with Crippen LogP contribution in [-0.2, 0) is 11.3 Å². The van der Waals surface area contributed by atoms with Crippen LogP contribution in [0.15, 0.2) is 11.1 Å². The van der Waals surface area contributed by atoms with Gasteiger partial charge in [0.15, 0.2) is 0 Å². The third-order valence-corrected chi connectivity index (χ3v) is 5.09. The number of unbranched alkanes of at least 4 members (excludes halogenated alkanes) is 2. The molecule has 0 spiro atoms. The third-order valence-electron chi connectivity index (χ3n) is 3.89. The Labute approximate surface area is 150 Å². The molecule has 2 aromatic rings. The Morgan fingerprint density at radius 1 is 1.40 bits per heavy atom. The van der Waals surface area contributed by atoms with E-state index in [1.54, 1.807) is 17.8 Å². The van der Waals surface area contributed by atoms with Crippen molar-refractivity contribution in [2.45, 2.75) is 39.7 Å². The number of hydrogen-bond donors (Lipinski definition) is 2. The van der Waals surface area contributed by atoms with E-state index in [4.69, 9.17) is 9.84 Å². The van der Waals surface area contributed by atoms with Crippen molar-refractivity contribution in [2.24, 2.45) is 0 Å². The number of carbonyl (C=O) groups is 1. The van der Waals surface area contributed by atoms with Gasteiger partial charge >= 0.3 is 0 Å². The molecule has 8 heteroatoms. The average molecular weight is 367 g/mol. The number of rotatable bonds is 10. The van der Waals surface area contributed by atoms with Gasteiger partial charge in [-0.15, -0.1) is 11.3 Å². The van der Waals surface area contributed by atoms with Crippen LogP contribution in [0.3, 0.4) is 0 Å². The molecule has 2 N–H and O–H groups in total. The molecule has 0 saturated carbocycles. The highest BCUT2D eigenvalue weighted by Gasteiger charge is 2.19. The number of aliphatic hydroxyl groups excluding tert-OH is 1. The molecule has 0 aliphatic rings. The molecule has 2 heterocycles. The van der Waals surface area contributed by atoms with E-state index in [0.717, 1.165) is 19.3 Å². The number of hydrogen-bond acceptors (Lipinski definition) is 6. The predicted molar refractivity (Wildman–Crippen MR) is 98.4 cm³/mol. The van der Waals surface area contributed by atoms with Gasteiger partial charge in [-0.2, -0.15) is 0 Å². The summed E-state index contributed by atoms with van der Waals surface area (Å²) in [5.41, 5.74) is 0.594. The molecule has 0 atom stereocenters. The molecule has 25 heavy (non-hydrogen) atoms. The van der Waals surface area contributed by atoms with Gasteiger partial charge in [0, 0.05) is 13.1 Å². The number of fused-ring (bicyclic) bond motifs is 1. The van der Waals surface area contributed by atoms with E-state index < -0.39 is 0 Å². The number of carbonyl (C=O) groups excluding carboxylic acids is 1. The summed E-state index contributed by atoms with van der Waals surface area (Å²) in [5.74, 6) is -0.231. The van der Waals surface area contributed by atoms with Crippen molar-refractivity contribution in [3.05, 3.63) is 27.1 Å². The first-order valence-corrected chi connectivity index (χ1v) is 9.37. The maximum Gasteiger partial charge on any atom is 0.262 e. The van der Waals surface area contributed by atoms with E-state index in [9.17, 15) is 9.59 Å². The highest BCUT2D eigenvalue weighted by molar-refractivity contribution is 7.20. The SMILES string of the molecule is CCCCCn1cnc2sc(C(=O)NCCOCCO)c(C)c2c1=O. The van der Waals surface area contributed by atoms with Crippen molar-refractivity contribution in [2.75, 3.05) is 26.4 Å². The van der Waals surface area contributed by atoms with Crippen LogP contribution in [0.25, 0.3) is 10.2 Å². The molecule has 1 amide bonds. The largest absolute Gasteiger partial charge is 0.394 e. The summed E-state index contributed by atoms with van der Waals surface area (Å²) < 4.78 is 6.74. The molecule has 0 saturated heterocycles. The summed E-state index contributed by atoms with van der Waals surface area (Å²) in [4.78, 5) is 30.5. The van der Waals surface area contributed by atoms with Crippen LogP contribution in [0.1, 0.15) is 41.4 Å². The molecule has 2 aromatic heterocycles. The van der Waals surface area contributed by atoms with Gasteiger partial charge in [0.05, 0.1) is 36.4 Å². The van der Waals surface area contributed by atoms with Crippen molar-refractivity contribution in [1.29, 1.82) is 0 Å². The van der Waals surface area contributed by atoms with E-state index in [1.807, 2.05) is 0 Å². The molecule has 0 bridgehead atoms. The average Bonchev–Trinajstić information content (AvgIpc) is 2.94. The second kappa shape index (κ2) is 9.65. The molecule has 0 radical (unpaired) electrons.